The third kappa shape index (κ3) is 6.30. The van der Waals surface area contributed by atoms with Crippen LogP contribution >= 0.6 is 24.0 Å². The van der Waals surface area contributed by atoms with Gasteiger partial charge in [0.25, 0.3) is 0 Å². The predicted molar refractivity (Wildman–Crippen MR) is 114 cm³/mol. The second-order valence-electron chi connectivity index (χ2n) is 5.81. The van der Waals surface area contributed by atoms with Crippen LogP contribution in [0.2, 0.25) is 0 Å². The van der Waals surface area contributed by atoms with Crippen molar-refractivity contribution in [2.75, 3.05) is 20.1 Å². The van der Waals surface area contributed by atoms with E-state index >= 15 is 0 Å². The van der Waals surface area contributed by atoms with Gasteiger partial charge in [0.2, 0.25) is 0 Å². The summed E-state index contributed by atoms with van der Waals surface area (Å²) in [5.74, 6) is 2.76. The van der Waals surface area contributed by atoms with E-state index in [-0.39, 0.29) is 24.0 Å². The number of rotatable bonds is 7. The van der Waals surface area contributed by atoms with Gasteiger partial charge in [0.05, 0.1) is 6.54 Å². The van der Waals surface area contributed by atoms with Gasteiger partial charge in [0.1, 0.15) is 11.6 Å². The molecule has 2 heterocycles. The van der Waals surface area contributed by atoms with Gasteiger partial charge in [0.15, 0.2) is 5.96 Å². The molecule has 0 spiro atoms. The Morgan fingerprint density at radius 3 is 2.64 bits per heavy atom. The molecule has 2 rings (SSSR count). The number of guanidine groups is 1. The summed E-state index contributed by atoms with van der Waals surface area (Å²) in [6.07, 6.45) is 7.93. The maximum atomic E-state index is 4.72. The Morgan fingerprint density at radius 2 is 2.08 bits per heavy atom. The van der Waals surface area contributed by atoms with Crippen LogP contribution in [0.4, 0.5) is 0 Å². The third-order valence-electron chi connectivity index (χ3n) is 3.84. The molecule has 0 atom stereocenters. The van der Waals surface area contributed by atoms with Crippen molar-refractivity contribution in [3.05, 3.63) is 42.1 Å². The Morgan fingerprint density at radius 1 is 1.28 bits per heavy atom. The number of aryl methyl sites for hydroxylation is 1. The molecule has 0 aliphatic heterocycles. The normalized spacial score (nSPS) is 11.1. The lowest BCUT2D eigenvalue weighted by Gasteiger charge is -2.21. The van der Waals surface area contributed by atoms with Crippen molar-refractivity contribution in [1.29, 1.82) is 0 Å². The molecule has 0 amide bonds. The Bertz CT molecular complexity index is 650. The van der Waals surface area contributed by atoms with E-state index in [1.54, 1.807) is 6.20 Å². The van der Waals surface area contributed by atoms with Crippen LogP contribution in [0, 0.1) is 6.92 Å². The van der Waals surface area contributed by atoms with Gasteiger partial charge in [-0.2, -0.15) is 0 Å². The third-order valence-corrected chi connectivity index (χ3v) is 3.84. The summed E-state index contributed by atoms with van der Waals surface area (Å²) in [7, 11) is 2.08. The average molecular weight is 456 g/mol. The number of hydrogen-bond donors (Lipinski definition) is 1. The number of hydrogen-bond acceptors (Lipinski definition) is 3. The van der Waals surface area contributed by atoms with E-state index in [0.29, 0.717) is 6.54 Å². The fourth-order valence-electron chi connectivity index (χ4n) is 2.41. The van der Waals surface area contributed by atoms with Crippen LogP contribution in [0.3, 0.4) is 0 Å². The summed E-state index contributed by atoms with van der Waals surface area (Å²) in [6.45, 7) is 8.76. The Kier molecular flexibility index (Phi) is 9.48. The Labute approximate surface area is 167 Å². The maximum absolute atomic E-state index is 4.72. The van der Waals surface area contributed by atoms with Gasteiger partial charge >= 0.3 is 0 Å². The second kappa shape index (κ2) is 11.1. The fourth-order valence-corrected chi connectivity index (χ4v) is 2.41. The van der Waals surface area contributed by atoms with Crippen molar-refractivity contribution in [2.24, 2.45) is 4.99 Å². The van der Waals surface area contributed by atoms with E-state index < -0.39 is 0 Å². The minimum atomic E-state index is 0. The molecular weight excluding hydrogens is 427 g/mol. The molecule has 2 aromatic rings. The summed E-state index contributed by atoms with van der Waals surface area (Å²) in [6, 6.07) is 4.08. The summed E-state index contributed by atoms with van der Waals surface area (Å²) in [4.78, 5) is 15.6. The van der Waals surface area contributed by atoms with Crippen molar-refractivity contribution >= 4 is 29.9 Å². The summed E-state index contributed by atoms with van der Waals surface area (Å²) in [5.41, 5.74) is 1.09. The highest BCUT2D eigenvalue weighted by Crippen LogP contribution is 2.09. The molecule has 0 unspecified atom stereocenters. The van der Waals surface area contributed by atoms with E-state index in [2.05, 4.69) is 47.1 Å². The van der Waals surface area contributed by atoms with Crippen molar-refractivity contribution in [3.63, 3.8) is 0 Å². The molecule has 0 saturated heterocycles. The van der Waals surface area contributed by atoms with Crippen LogP contribution in [-0.2, 0) is 6.54 Å². The van der Waals surface area contributed by atoms with Gasteiger partial charge in [-0.15, -0.1) is 24.0 Å². The zero-order chi connectivity index (χ0) is 17.4. The van der Waals surface area contributed by atoms with E-state index in [1.165, 1.54) is 12.8 Å². The Balaban J connectivity index is 0.00000312. The van der Waals surface area contributed by atoms with E-state index in [4.69, 9.17) is 4.99 Å². The first-order valence-corrected chi connectivity index (χ1v) is 8.60. The highest BCUT2D eigenvalue weighted by atomic mass is 127. The van der Waals surface area contributed by atoms with Gasteiger partial charge in [-0.3, -0.25) is 4.57 Å². The van der Waals surface area contributed by atoms with Crippen LogP contribution in [0.5, 0.6) is 0 Å². The first-order chi connectivity index (χ1) is 11.7. The number of aromatic nitrogens is 3. The fraction of sp³-hybridized carbons (Fsp3) is 0.500. The Hall–Kier alpha value is -1.64. The smallest absolute Gasteiger partial charge is 0.193 e. The zero-order valence-corrected chi connectivity index (χ0v) is 17.9. The topological polar surface area (TPSA) is 58.3 Å². The van der Waals surface area contributed by atoms with Gasteiger partial charge in [-0.25, -0.2) is 15.0 Å². The van der Waals surface area contributed by atoms with Crippen LogP contribution < -0.4 is 5.32 Å². The van der Waals surface area contributed by atoms with E-state index in [1.807, 2.05) is 30.0 Å². The SMILES string of the molecule is CCCCN(C)C(=NCc1ccc(-n2ccnc2C)nc1)NCC.I. The molecule has 25 heavy (non-hydrogen) atoms. The number of aliphatic imine (C=N–C) groups is 1. The summed E-state index contributed by atoms with van der Waals surface area (Å²) >= 11 is 0. The van der Waals surface area contributed by atoms with Gasteiger partial charge in [-0.1, -0.05) is 19.4 Å². The van der Waals surface area contributed by atoms with Crippen LogP contribution in [0.25, 0.3) is 5.82 Å². The molecule has 0 fully saturated rings. The van der Waals surface area contributed by atoms with E-state index in [0.717, 1.165) is 36.3 Å². The zero-order valence-electron chi connectivity index (χ0n) is 15.6. The number of nitrogens with zero attached hydrogens (tertiary/aromatic N) is 5. The molecule has 0 aliphatic rings. The van der Waals surface area contributed by atoms with Crippen LogP contribution in [0.15, 0.2) is 35.7 Å². The molecule has 2 aromatic heterocycles. The minimum Gasteiger partial charge on any atom is -0.357 e. The number of imidazole rings is 1. The van der Waals surface area contributed by atoms with Gasteiger partial charge in [-0.05, 0) is 31.9 Å². The lowest BCUT2D eigenvalue weighted by atomic mass is 10.3. The molecule has 138 valence electrons. The van der Waals surface area contributed by atoms with Crippen LogP contribution in [0.1, 0.15) is 38.1 Å². The molecule has 0 saturated carbocycles. The second-order valence-corrected chi connectivity index (χ2v) is 5.81. The molecule has 0 radical (unpaired) electrons. The number of unbranched alkanes of at least 4 members (excludes halogenated alkanes) is 1. The number of pyridine rings is 1. The van der Waals surface area contributed by atoms with Crippen molar-refractivity contribution in [1.82, 2.24) is 24.8 Å². The summed E-state index contributed by atoms with van der Waals surface area (Å²) < 4.78 is 1.97. The molecule has 6 nitrogen and oxygen atoms in total. The molecule has 1 N–H and O–H groups in total. The van der Waals surface area contributed by atoms with Gasteiger partial charge in [0, 0.05) is 38.7 Å². The first-order valence-electron chi connectivity index (χ1n) is 8.60. The molecule has 0 aliphatic carbocycles. The number of nitrogens with one attached hydrogen (secondary N) is 1. The first kappa shape index (κ1) is 21.4. The molecular formula is C18H29IN6. The monoisotopic (exact) mass is 456 g/mol. The maximum Gasteiger partial charge on any atom is 0.193 e. The highest BCUT2D eigenvalue weighted by molar-refractivity contribution is 14.0. The lowest BCUT2D eigenvalue weighted by Crippen LogP contribution is -2.39. The summed E-state index contributed by atoms with van der Waals surface area (Å²) in [5, 5.41) is 3.35. The van der Waals surface area contributed by atoms with Crippen molar-refractivity contribution in [2.45, 2.75) is 40.2 Å². The van der Waals surface area contributed by atoms with Gasteiger partial charge < -0.3 is 10.2 Å². The minimum absolute atomic E-state index is 0. The molecule has 7 heteroatoms. The standard InChI is InChI=1S/C18H28N6.HI/c1-5-7-11-23(4)18(19-6-2)22-14-16-8-9-17(21-13-16)24-12-10-20-15(24)3;/h8-10,12-13H,5-7,11,14H2,1-4H3,(H,19,22);1H. The van der Waals surface area contributed by atoms with Crippen LogP contribution in [-0.4, -0.2) is 45.5 Å². The molecule has 0 aromatic carbocycles. The van der Waals surface area contributed by atoms with E-state index in [9.17, 15) is 0 Å². The highest BCUT2D eigenvalue weighted by Gasteiger charge is 2.05. The molecule has 0 bridgehead atoms. The predicted octanol–water partition coefficient (Wildman–Crippen LogP) is 3.39. The lowest BCUT2D eigenvalue weighted by molar-refractivity contribution is 0.465. The largest absolute Gasteiger partial charge is 0.357 e. The average Bonchev–Trinajstić information content (AvgIpc) is 3.03. The van der Waals surface area contributed by atoms with Crippen molar-refractivity contribution in [3.8, 4) is 5.82 Å². The quantitative estimate of drug-likeness (QED) is 0.394. The van der Waals surface area contributed by atoms with Crippen molar-refractivity contribution < 1.29 is 0 Å². The number of halogens is 1.